The number of carbonyl (C=O) groups excluding carboxylic acids is 1. The van der Waals surface area contributed by atoms with E-state index in [1.807, 2.05) is 39.0 Å². The van der Waals surface area contributed by atoms with Crippen molar-refractivity contribution < 1.29 is 19.2 Å². The van der Waals surface area contributed by atoms with Crippen LogP contribution in [0.2, 0.25) is 0 Å². The quantitative estimate of drug-likeness (QED) is 0.509. The fourth-order valence-electron chi connectivity index (χ4n) is 3.57. The third-order valence-corrected chi connectivity index (χ3v) is 5.33. The number of nitrogens with zero attached hydrogens (tertiary/aromatic N) is 1. The SMILES string of the molecule is CC[NH+](CC(=O)Nc1c(C)cccc1C)Cc1nc2cc(OC)c(OC)cc2c(=O)[nH]1. The number of amides is 1. The summed E-state index contributed by atoms with van der Waals surface area (Å²) < 4.78 is 10.6. The number of fused-ring (bicyclic) bond motifs is 1. The van der Waals surface area contributed by atoms with Crippen molar-refractivity contribution in [2.24, 2.45) is 0 Å². The van der Waals surface area contributed by atoms with Gasteiger partial charge in [-0.25, -0.2) is 4.98 Å². The molecule has 3 aromatic rings. The summed E-state index contributed by atoms with van der Waals surface area (Å²) in [6, 6.07) is 9.22. The normalized spacial score (nSPS) is 11.9. The zero-order valence-corrected chi connectivity index (χ0v) is 18.6. The number of hydrogen-bond acceptors (Lipinski definition) is 5. The predicted octanol–water partition coefficient (Wildman–Crippen LogP) is 1.60. The Labute approximate surface area is 181 Å². The number of anilines is 1. The summed E-state index contributed by atoms with van der Waals surface area (Å²) in [6.07, 6.45) is 0. The van der Waals surface area contributed by atoms with Gasteiger partial charge in [0.15, 0.2) is 23.9 Å². The lowest BCUT2D eigenvalue weighted by Gasteiger charge is -2.18. The number of hydrogen-bond donors (Lipinski definition) is 3. The van der Waals surface area contributed by atoms with Gasteiger partial charge in [-0.3, -0.25) is 9.59 Å². The number of methoxy groups -OCH3 is 2. The van der Waals surface area contributed by atoms with Crippen molar-refractivity contribution in [3.8, 4) is 11.5 Å². The zero-order chi connectivity index (χ0) is 22.5. The Bertz CT molecular complexity index is 1140. The van der Waals surface area contributed by atoms with E-state index >= 15 is 0 Å². The molecule has 3 rings (SSSR count). The molecule has 8 nitrogen and oxygen atoms in total. The Balaban J connectivity index is 1.79. The van der Waals surface area contributed by atoms with Crippen molar-refractivity contribution in [3.63, 3.8) is 0 Å². The number of rotatable bonds is 8. The second-order valence-electron chi connectivity index (χ2n) is 7.51. The molecule has 8 heteroatoms. The van der Waals surface area contributed by atoms with E-state index in [1.165, 1.54) is 14.2 Å². The number of nitrogens with one attached hydrogen (secondary N) is 3. The molecule has 0 aliphatic carbocycles. The minimum absolute atomic E-state index is 0.0798. The first-order valence-corrected chi connectivity index (χ1v) is 10.2. The van der Waals surface area contributed by atoms with Gasteiger partial charge < -0.3 is 24.7 Å². The van der Waals surface area contributed by atoms with E-state index in [-0.39, 0.29) is 18.0 Å². The van der Waals surface area contributed by atoms with E-state index in [0.29, 0.717) is 41.3 Å². The maximum atomic E-state index is 12.7. The summed E-state index contributed by atoms with van der Waals surface area (Å²) in [5.41, 5.74) is 3.16. The lowest BCUT2D eigenvalue weighted by atomic mass is 10.1. The molecule has 1 amide bonds. The van der Waals surface area contributed by atoms with Gasteiger partial charge in [0.05, 0.1) is 31.7 Å². The smallest absolute Gasteiger partial charge is 0.279 e. The monoisotopic (exact) mass is 425 g/mol. The molecule has 0 aliphatic heterocycles. The van der Waals surface area contributed by atoms with Crippen LogP contribution < -0.4 is 25.2 Å². The summed E-state index contributed by atoms with van der Waals surface area (Å²) in [4.78, 5) is 33.6. The third-order valence-electron chi connectivity index (χ3n) is 5.33. The van der Waals surface area contributed by atoms with Gasteiger partial charge in [0.2, 0.25) is 0 Å². The van der Waals surface area contributed by atoms with Crippen molar-refractivity contribution in [1.29, 1.82) is 0 Å². The maximum Gasteiger partial charge on any atom is 0.279 e. The van der Waals surface area contributed by atoms with Crippen LogP contribution in [0.15, 0.2) is 35.1 Å². The van der Waals surface area contributed by atoms with Gasteiger partial charge in [-0.05, 0) is 38.0 Å². The topological polar surface area (TPSA) is 97.8 Å². The van der Waals surface area contributed by atoms with Gasteiger partial charge in [-0.1, -0.05) is 18.2 Å². The Morgan fingerprint density at radius 2 is 1.77 bits per heavy atom. The number of aryl methyl sites for hydroxylation is 2. The van der Waals surface area contributed by atoms with Gasteiger partial charge in [0, 0.05) is 11.8 Å². The molecule has 0 saturated heterocycles. The number of carbonyl (C=O) groups is 1. The molecule has 0 bridgehead atoms. The maximum absolute atomic E-state index is 12.7. The zero-order valence-electron chi connectivity index (χ0n) is 18.6. The van der Waals surface area contributed by atoms with Gasteiger partial charge >= 0.3 is 0 Å². The van der Waals surface area contributed by atoms with Crippen LogP contribution in [0.3, 0.4) is 0 Å². The van der Waals surface area contributed by atoms with Crippen LogP contribution in [-0.4, -0.2) is 43.2 Å². The van der Waals surface area contributed by atoms with Crippen LogP contribution in [0.25, 0.3) is 10.9 Å². The number of quaternary nitrogens is 1. The highest BCUT2D eigenvalue weighted by Gasteiger charge is 2.18. The lowest BCUT2D eigenvalue weighted by molar-refractivity contribution is -0.904. The van der Waals surface area contributed by atoms with Crippen LogP contribution in [0, 0.1) is 13.8 Å². The van der Waals surface area contributed by atoms with Crippen LogP contribution in [0.4, 0.5) is 5.69 Å². The van der Waals surface area contributed by atoms with Crippen molar-refractivity contribution in [2.75, 3.05) is 32.6 Å². The van der Waals surface area contributed by atoms with Crippen LogP contribution in [-0.2, 0) is 11.3 Å². The molecule has 31 heavy (non-hydrogen) atoms. The Morgan fingerprint density at radius 1 is 1.13 bits per heavy atom. The van der Waals surface area contributed by atoms with E-state index in [0.717, 1.165) is 21.7 Å². The predicted molar refractivity (Wildman–Crippen MR) is 120 cm³/mol. The van der Waals surface area contributed by atoms with Crippen molar-refractivity contribution in [3.05, 3.63) is 57.6 Å². The fraction of sp³-hybridized carbons (Fsp3) is 0.348. The number of para-hydroxylation sites is 1. The molecule has 3 N–H and O–H groups in total. The third kappa shape index (κ3) is 5.03. The molecule has 1 unspecified atom stereocenters. The van der Waals surface area contributed by atoms with Crippen LogP contribution in [0.5, 0.6) is 11.5 Å². The summed E-state index contributed by atoms with van der Waals surface area (Å²) in [6.45, 7) is 7.32. The van der Waals surface area contributed by atoms with E-state index in [9.17, 15) is 9.59 Å². The van der Waals surface area contributed by atoms with Crippen LogP contribution in [0.1, 0.15) is 23.9 Å². The molecular formula is C23H29N4O4+. The molecule has 164 valence electrons. The highest BCUT2D eigenvalue weighted by atomic mass is 16.5. The molecule has 0 radical (unpaired) electrons. The number of ether oxygens (including phenoxy) is 2. The number of aromatic amines is 1. The highest BCUT2D eigenvalue weighted by Crippen LogP contribution is 2.29. The van der Waals surface area contributed by atoms with Crippen molar-refractivity contribution >= 4 is 22.5 Å². The molecule has 2 aromatic carbocycles. The van der Waals surface area contributed by atoms with E-state index < -0.39 is 0 Å². The minimum Gasteiger partial charge on any atom is -0.493 e. The average Bonchev–Trinajstić information content (AvgIpc) is 2.75. The highest BCUT2D eigenvalue weighted by molar-refractivity contribution is 5.93. The van der Waals surface area contributed by atoms with Gasteiger partial charge in [0.25, 0.3) is 11.5 Å². The summed E-state index contributed by atoms with van der Waals surface area (Å²) >= 11 is 0. The standard InChI is InChI=1S/C23H28N4O4/c1-6-27(13-21(28)26-22-14(2)8-7-9-15(22)3)12-20-24-17-11-19(31-5)18(30-4)10-16(17)23(29)25-20/h7-11H,6,12-13H2,1-5H3,(H,26,28)(H,24,25,29)/p+1. The Morgan fingerprint density at radius 3 is 2.39 bits per heavy atom. The largest absolute Gasteiger partial charge is 0.493 e. The van der Waals surface area contributed by atoms with E-state index in [2.05, 4.69) is 15.3 Å². The van der Waals surface area contributed by atoms with Gasteiger partial charge in [-0.2, -0.15) is 0 Å². The minimum atomic E-state index is -0.253. The Kier molecular flexibility index (Phi) is 6.91. The van der Waals surface area contributed by atoms with E-state index in [4.69, 9.17) is 9.47 Å². The molecule has 1 heterocycles. The molecule has 0 saturated carbocycles. The number of likely N-dealkylation sites (N-methyl/N-ethyl adjacent to an activating group) is 1. The summed E-state index contributed by atoms with van der Waals surface area (Å²) in [5.74, 6) is 1.41. The molecule has 0 aliphatic rings. The van der Waals surface area contributed by atoms with Crippen molar-refractivity contribution in [1.82, 2.24) is 9.97 Å². The number of aromatic nitrogens is 2. The first kappa shape index (κ1) is 22.3. The molecule has 1 atom stereocenters. The number of benzene rings is 2. The summed E-state index contributed by atoms with van der Waals surface area (Å²) in [5, 5.41) is 3.44. The first-order chi connectivity index (χ1) is 14.9. The Hall–Kier alpha value is -3.39. The fourth-order valence-corrected chi connectivity index (χ4v) is 3.57. The van der Waals surface area contributed by atoms with Crippen LogP contribution >= 0.6 is 0 Å². The second-order valence-corrected chi connectivity index (χ2v) is 7.51. The molecule has 0 fully saturated rings. The molecule has 0 spiro atoms. The van der Waals surface area contributed by atoms with Gasteiger partial charge in [-0.15, -0.1) is 0 Å². The lowest BCUT2D eigenvalue weighted by Crippen LogP contribution is -3.11. The second kappa shape index (κ2) is 9.61. The number of H-pyrrole nitrogens is 1. The summed E-state index contributed by atoms with van der Waals surface area (Å²) in [7, 11) is 3.06. The first-order valence-electron chi connectivity index (χ1n) is 10.2. The molecule has 1 aromatic heterocycles. The van der Waals surface area contributed by atoms with E-state index in [1.54, 1.807) is 12.1 Å². The average molecular weight is 426 g/mol. The van der Waals surface area contributed by atoms with Gasteiger partial charge in [0.1, 0.15) is 6.54 Å². The van der Waals surface area contributed by atoms with Crippen molar-refractivity contribution in [2.45, 2.75) is 27.3 Å². The molecular weight excluding hydrogens is 396 g/mol.